The summed E-state index contributed by atoms with van der Waals surface area (Å²) in [5, 5.41) is 5.79. The lowest BCUT2D eigenvalue weighted by Gasteiger charge is -2.32. The Morgan fingerprint density at radius 1 is 1.43 bits per heavy atom. The molecule has 1 N–H and O–H groups in total. The van der Waals surface area contributed by atoms with Gasteiger partial charge in [-0.1, -0.05) is 11.6 Å². The minimum absolute atomic E-state index is 0.0674. The first kappa shape index (κ1) is 14.5. The van der Waals surface area contributed by atoms with Gasteiger partial charge in [-0.05, 0) is 37.8 Å². The molecule has 3 aromatic rings. The summed E-state index contributed by atoms with van der Waals surface area (Å²) in [7, 11) is 0. The summed E-state index contributed by atoms with van der Waals surface area (Å²) in [4.78, 5) is 26.2. The topological polar surface area (TPSA) is 87.9 Å². The fraction of sp³-hybridized carbons (Fsp3) is 0.467. The molecule has 0 radical (unpaired) electrons. The molecule has 8 heteroatoms. The highest BCUT2D eigenvalue weighted by Gasteiger charge is 2.29. The molecule has 1 fully saturated rings. The monoisotopic (exact) mass is 331 g/mol. The number of hydrogen-bond acceptors (Lipinski definition) is 7. The van der Waals surface area contributed by atoms with E-state index in [1.165, 1.54) is 11.3 Å². The molecule has 1 atom stereocenters. The van der Waals surface area contributed by atoms with Crippen LogP contribution in [0, 0.1) is 6.92 Å². The Labute approximate surface area is 136 Å². The molecule has 1 unspecified atom stereocenters. The highest BCUT2D eigenvalue weighted by molar-refractivity contribution is 7.17. The number of piperidine rings is 1. The molecule has 0 spiro atoms. The number of H-pyrrole nitrogens is 1. The van der Waals surface area contributed by atoms with Crippen LogP contribution in [-0.2, 0) is 6.54 Å². The van der Waals surface area contributed by atoms with Gasteiger partial charge in [0.2, 0.25) is 5.89 Å². The molecule has 120 valence electrons. The summed E-state index contributed by atoms with van der Waals surface area (Å²) in [5.74, 6) is 1.99. The maximum absolute atomic E-state index is 12.1. The average molecular weight is 331 g/mol. The third kappa shape index (κ3) is 2.79. The number of hydrogen-bond donors (Lipinski definition) is 1. The van der Waals surface area contributed by atoms with Gasteiger partial charge in [-0.15, -0.1) is 11.3 Å². The second-order valence-electron chi connectivity index (χ2n) is 5.81. The molecular formula is C15H17N5O2S. The number of rotatable bonds is 3. The van der Waals surface area contributed by atoms with Crippen LogP contribution >= 0.6 is 11.3 Å². The van der Waals surface area contributed by atoms with Crippen molar-refractivity contribution in [1.29, 1.82) is 0 Å². The van der Waals surface area contributed by atoms with Crippen LogP contribution < -0.4 is 5.56 Å². The van der Waals surface area contributed by atoms with E-state index < -0.39 is 0 Å². The van der Waals surface area contributed by atoms with Crippen LogP contribution in [0.4, 0.5) is 0 Å². The molecule has 0 bridgehead atoms. The normalized spacial score (nSPS) is 19.4. The van der Waals surface area contributed by atoms with Crippen LogP contribution in [-0.4, -0.2) is 31.6 Å². The van der Waals surface area contributed by atoms with Gasteiger partial charge in [-0.2, -0.15) is 4.98 Å². The van der Waals surface area contributed by atoms with E-state index >= 15 is 0 Å². The van der Waals surface area contributed by atoms with Crippen molar-refractivity contribution in [2.45, 2.75) is 38.8 Å². The van der Waals surface area contributed by atoms with Crippen LogP contribution in [0.25, 0.3) is 10.2 Å². The third-order valence-corrected chi connectivity index (χ3v) is 5.06. The molecule has 0 saturated carbocycles. The lowest BCUT2D eigenvalue weighted by molar-refractivity contribution is 0.108. The Hall–Kier alpha value is -2.06. The lowest BCUT2D eigenvalue weighted by Crippen LogP contribution is -2.34. The molecule has 4 rings (SSSR count). The largest absolute Gasteiger partial charge is 0.338 e. The maximum atomic E-state index is 12.1. The highest BCUT2D eigenvalue weighted by atomic mass is 32.1. The number of nitrogens with zero attached hydrogens (tertiary/aromatic N) is 4. The van der Waals surface area contributed by atoms with Gasteiger partial charge in [0.1, 0.15) is 10.5 Å². The smallest absolute Gasteiger partial charge is 0.268 e. The van der Waals surface area contributed by atoms with Crippen molar-refractivity contribution in [3.63, 3.8) is 0 Å². The maximum Gasteiger partial charge on any atom is 0.268 e. The first-order valence-corrected chi connectivity index (χ1v) is 8.59. The van der Waals surface area contributed by atoms with Crippen LogP contribution in [0.5, 0.6) is 0 Å². The molecule has 4 heterocycles. The Balaban J connectivity index is 1.63. The van der Waals surface area contributed by atoms with E-state index in [0.29, 0.717) is 28.8 Å². The van der Waals surface area contributed by atoms with E-state index in [-0.39, 0.29) is 11.6 Å². The van der Waals surface area contributed by atoms with Crippen molar-refractivity contribution < 1.29 is 4.52 Å². The molecule has 3 aromatic heterocycles. The van der Waals surface area contributed by atoms with Crippen molar-refractivity contribution in [1.82, 2.24) is 25.0 Å². The van der Waals surface area contributed by atoms with Gasteiger partial charge in [-0.25, -0.2) is 4.98 Å². The second-order valence-corrected chi connectivity index (χ2v) is 6.73. The van der Waals surface area contributed by atoms with Crippen molar-refractivity contribution in [2.24, 2.45) is 0 Å². The van der Waals surface area contributed by atoms with E-state index in [2.05, 4.69) is 25.0 Å². The number of thiophene rings is 1. The molecule has 0 amide bonds. The van der Waals surface area contributed by atoms with Crippen LogP contribution in [0.15, 0.2) is 20.8 Å². The summed E-state index contributed by atoms with van der Waals surface area (Å²) in [6.07, 6.45) is 3.23. The fourth-order valence-corrected chi connectivity index (χ4v) is 3.82. The summed E-state index contributed by atoms with van der Waals surface area (Å²) in [5.41, 5.74) is 0.693. The van der Waals surface area contributed by atoms with Gasteiger partial charge in [0.25, 0.3) is 5.56 Å². The first-order chi connectivity index (χ1) is 11.2. The average Bonchev–Trinajstić information content (AvgIpc) is 3.17. The minimum Gasteiger partial charge on any atom is -0.338 e. The second kappa shape index (κ2) is 5.86. The number of likely N-dealkylation sites (tertiary alicyclic amines) is 1. The Kier molecular flexibility index (Phi) is 3.70. The van der Waals surface area contributed by atoms with E-state index in [1.807, 2.05) is 18.4 Å². The molecular weight excluding hydrogens is 314 g/mol. The summed E-state index contributed by atoms with van der Waals surface area (Å²) >= 11 is 1.42. The number of aromatic nitrogens is 4. The number of aryl methyl sites for hydroxylation is 1. The van der Waals surface area contributed by atoms with Gasteiger partial charge in [0, 0.05) is 0 Å². The number of nitrogens with one attached hydrogen (secondary N) is 1. The van der Waals surface area contributed by atoms with Crippen LogP contribution in [0.1, 0.15) is 42.8 Å². The van der Waals surface area contributed by atoms with E-state index in [9.17, 15) is 4.79 Å². The molecule has 0 aromatic carbocycles. The van der Waals surface area contributed by atoms with Gasteiger partial charge < -0.3 is 9.51 Å². The van der Waals surface area contributed by atoms with Crippen molar-refractivity contribution in [3.8, 4) is 0 Å². The first-order valence-electron chi connectivity index (χ1n) is 7.71. The van der Waals surface area contributed by atoms with Crippen molar-refractivity contribution in [2.75, 3.05) is 6.54 Å². The SMILES string of the molecule is Cc1noc(C2CCCCN2Cc2nc3ccsc3c(=O)[nH]2)n1. The molecule has 1 saturated heterocycles. The number of aromatic amines is 1. The summed E-state index contributed by atoms with van der Waals surface area (Å²) < 4.78 is 6.04. The molecule has 1 aliphatic rings. The highest BCUT2D eigenvalue weighted by Crippen LogP contribution is 2.30. The summed E-state index contributed by atoms with van der Waals surface area (Å²) in [6.45, 7) is 3.33. The van der Waals surface area contributed by atoms with Gasteiger partial charge >= 0.3 is 0 Å². The molecule has 1 aliphatic heterocycles. The predicted molar refractivity (Wildman–Crippen MR) is 86.3 cm³/mol. The predicted octanol–water partition coefficient (Wildman–Crippen LogP) is 2.40. The Morgan fingerprint density at radius 2 is 2.35 bits per heavy atom. The third-order valence-electron chi connectivity index (χ3n) is 4.16. The van der Waals surface area contributed by atoms with Crippen LogP contribution in [0.2, 0.25) is 0 Å². The zero-order chi connectivity index (χ0) is 15.8. The van der Waals surface area contributed by atoms with E-state index in [1.54, 1.807) is 0 Å². The van der Waals surface area contributed by atoms with Crippen LogP contribution in [0.3, 0.4) is 0 Å². The quantitative estimate of drug-likeness (QED) is 0.793. The lowest BCUT2D eigenvalue weighted by atomic mass is 10.0. The standard InChI is InChI=1S/C15H17N5O2S/c1-9-16-15(22-19-9)11-4-2-3-6-20(11)8-12-17-10-5-7-23-13(10)14(21)18-12/h5,7,11H,2-4,6,8H2,1H3,(H,17,18,21). The zero-order valence-corrected chi connectivity index (χ0v) is 13.6. The fourth-order valence-electron chi connectivity index (χ4n) is 3.10. The molecule has 7 nitrogen and oxygen atoms in total. The summed E-state index contributed by atoms with van der Waals surface area (Å²) in [6, 6.07) is 1.97. The number of fused-ring (bicyclic) bond motifs is 1. The Bertz CT molecular complexity index is 883. The zero-order valence-electron chi connectivity index (χ0n) is 12.8. The van der Waals surface area contributed by atoms with Gasteiger partial charge in [0.15, 0.2) is 5.82 Å². The molecule has 23 heavy (non-hydrogen) atoms. The Morgan fingerprint density at radius 3 is 3.17 bits per heavy atom. The van der Waals surface area contributed by atoms with E-state index in [4.69, 9.17) is 4.52 Å². The molecule has 0 aliphatic carbocycles. The van der Waals surface area contributed by atoms with E-state index in [0.717, 1.165) is 31.3 Å². The van der Waals surface area contributed by atoms with Crippen molar-refractivity contribution >= 4 is 21.6 Å². The van der Waals surface area contributed by atoms with Gasteiger partial charge in [-0.3, -0.25) is 9.69 Å². The minimum atomic E-state index is -0.0674. The van der Waals surface area contributed by atoms with Gasteiger partial charge in [0.05, 0.1) is 18.1 Å². The van der Waals surface area contributed by atoms with Crippen molar-refractivity contribution in [3.05, 3.63) is 39.3 Å².